The average Bonchev–Trinajstić information content (AvgIpc) is 2.55. The van der Waals surface area contributed by atoms with E-state index in [1.165, 1.54) is 11.1 Å². The molecule has 0 saturated heterocycles. The standard InChI is InChI=1S/C18H18N2O/c19-13-15-4-3-7-18(12-15)21-11-10-20-9-8-16-5-1-2-6-17(16)14-20/h1-7,12H,8-11,14H2. The molecule has 2 aromatic carbocycles. The van der Waals surface area contributed by atoms with Gasteiger partial charge < -0.3 is 4.74 Å². The minimum absolute atomic E-state index is 0.638. The molecule has 1 heterocycles. The van der Waals surface area contributed by atoms with Gasteiger partial charge in [0.25, 0.3) is 0 Å². The van der Waals surface area contributed by atoms with E-state index in [9.17, 15) is 0 Å². The maximum atomic E-state index is 8.87. The van der Waals surface area contributed by atoms with Crippen molar-refractivity contribution in [3.8, 4) is 11.8 Å². The van der Waals surface area contributed by atoms with E-state index in [0.29, 0.717) is 12.2 Å². The highest BCUT2D eigenvalue weighted by Crippen LogP contribution is 2.18. The molecule has 3 heteroatoms. The van der Waals surface area contributed by atoms with E-state index in [1.807, 2.05) is 12.1 Å². The van der Waals surface area contributed by atoms with E-state index in [2.05, 4.69) is 35.2 Å². The Labute approximate surface area is 125 Å². The lowest BCUT2D eigenvalue weighted by Gasteiger charge is -2.28. The number of nitriles is 1. The van der Waals surface area contributed by atoms with Crippen LogP contribution in [-0.2, 0) is 13.0 Å². The van der Waals surface area contributed by atoms with Crippen LogP contribution in [0.2, 0.25) is 0 Å². The van der Waals surface area contributed by atoms with Crippen LogP contribution in [0.5, 0.6) is 5.75 Å². The molecule has 0 bridgehead atoms. The summed E-state index contributed by atoms with van der Waals surface area (Å²) in [6.45, 7) is 3.64. The number of hydrogen-bond acceptors (Lipinski definition) is 3. The Bertz CT molecular complexity index is 660. The Hall–Kier alpha value is -2.31. The fourth-order valence-corrected chi connectivity index (χ4v) is 2.69. The van der Waals surface area contributed by atoms with Crippen LogP contribution >= 0.6 is 0 Å². The second-order valence-corrected chi connectivity index (χ2v) is 5.28. The molecule has 0 unspecified atom stereocenters. The molecule has 3 rings (SSSR count). The summed E-state index contributed by atoms with van der Waals surface area (Å²) in [6, 6.07) is 18.1. The van der Waals surface area contributed by atoms with E-state index in [0.717, 1.165) is 31.8 Å². The third kappa shape index (κ3) is 3.42. The van der Waals surface area contributed by atoms with Crippen molar-refractivity contribution < 1.29 is 4.74 Å². The third-order valence-corrected chi connectivity index (χ3v) is 3.85. The van der Waals surface area contributed by atoms with Gasteiger partial charge in [-0.05, 0) is 35.7 Å². The Morgan fingerprint density at radius 2 is 1.95 bits per heavy atom. The molecule has 1 aliphatic heterocycles. The van der Waals surface area contributed by atoms with Gasteiger partial charge in [-0.2, -0.15) is 5.26 Å². The first kappa shape index (κ1) is 13.7. The van der Waals surface area contributed by atoms with E-state index in [-0.39, 0.29) is 0 Å². The van der Waals surface area contributed by atoms with Crippen LogP contribution in [0, 0.1) is 11.3 Å². The molecule has 0 saturated carbocycles. The minimum Gasteiger partial charge on any atom is -0.492 e. The number of benzene rings is 2. The molecule has 106 valence electrons. The van der Waals surface area contributed by atoms with Crippen molar-refractivity contribution in [2.24, 2.45) is 0 Å². The third-order valence-electron chi connectivity index (χ3n) is 3.85. The first-order valence-corrected chi connectivity index (χ1v) is 7.27. The summed E-state index contributed by atoms with van der Waals surface area (Å²) in [4.78, 5) is 2.41. The zero-order valence-electron chi connectivity index (χ0n) is 12.0. The van der Waals surface area contributed by atoms with Crippen molar-refractivity contribution in [3.05, 3.63) is 65.2 Å². The highest BCUT2D eigenvalue weighted by molar-refractivity contribution is 5.36. The molecule has 21 heavy (non-hydrogen) atoms. The molecule has 0 radical (unpaired) electrons. The van der Waals surface area contributed by atoms with E-state index in [4.69, 9.17) is 10.00 Å². The Morgan fingerprint density at radius 1 is 1.10 bits per heavy atom. The van der Waals surface area contributed by atoms with E-state index < -0.39 is 0 Å². The first-order chi connectivity index (χ1) is 10.3. The summed E-state index contributed by atoms with van der Waals surface area (Å²) in [5.74, 6) is 0.770. The second-order valence-electron chi connectivity index (χ2n) is 5.28. The molecule has 0 amide bonds. The Morgan fingerprint density at radius 3 is 2.81 bits per heavy atom. The SMILES string of the molecule is N#Cc1cccc(OCCN2CCc3ccccc3C2)c1. The topological polar surface area (TPSA) is 36.3 Å². The summed E-state index contributed by atoms with van der Waals surface area (Å²) in [5.41, 5.74) is 3.53. The molecule has 3 nitrogen and oxygen atoms in total. The zero-order valence-corrected chi connectivity index (χ0v) is 12.0. The lowest BCUT2D eigenvalue weighted by molar-refractivity contribution is 0.196. The van der Waals surface area contributed by atoms with E-state index in [1.54, 1.807) is 12.1 Å². The quantitative estimate of drug-likeness (QED) is 0.862. The van der Waals surface area contributed by atoms with Gasteiger partial charge in [0.2, 0.25) is 0 Å². The van der Waals surface area contributed by atoms with Gasteiger partial charge in [0, 0.05) is 19.6 Å². The van der Waals surface area contributed by atoms with Gasteiger partial charge in [-0.15, -0.1) is 0 Å². The fourth-order valence-electron chi connectivity index (χ4n) is 2.69. The van der Waals surface area contributed by atoms with Gasteiger partial charge in [0.15, 0.2) is 0 Å². The molecular formula is C18H18N2O. The molecule has 0 atom stereocenters. The van der Waals surface area contributed by atoms with Gasteiger partial charge in [-0.1, -0.05) is 30.3 Å². The molecule has 0 aliphatic carbocycles. The monoisotopic (exact) mass is 278 g/mol. The second kappa shape index (κ2) is 6.43. The minimum atomic E-state index is 0.638. The first-order valence-electron chi connectivity index (χ1n) is 7.27. The summed E-state index contributed by atoms with van der Waals surface area (Å²) >= 11 is 0. The van der Waals surface area contributed by atoms with Crippen LogP contribution in [0.25, 0.3) is 0 Å². The summed E-state index contributed by atoms with van der Waals surface area (Å²) in [6.07, 6.45) is 1.11. The highest BCUT2D eigenvalue weighted by Gasteiger charge is 2.15. The average molecular weight is 278 g/mol. The van der Waals surface area contributed by atoms with Crippen LogP contribution in [-0.4, -0.2) is 24.6 Å². The van der Waals surface area contributed by atoms with Crippen molar-refractivity contribution in [3.63, 3.8) is 0 Å². The van der Waals surface area contributed by atoms with Crippen molar-refractivity contribution in [1.82, 2.24) is 4.90 Å². The molecule has 0 aromatic heterocycles. The lowest BCUT2D eigenvalue weighted by Crippen LogP contribution is -2.33. The Balaban J connectivity index is 1.51. The van der Waals surface area contributed by atoms with Gasteiger partial charge in [-0.25, -0.2) is 0 Å². The summed E-state index contributed by atoms with van der Waals surface area (Å²) in [5, 5.41) is 8.87. The van der Waals surface area contributed by atoms with Crippen LogP contribution in [0.3, 0.4) is 0 Å². The van der Waals surface area contributed by atoms with Crippen molar-refractivity contribution in [1.29, 1.82) is 5.26 Å². The molecular weight excluding hydrogens is 260 g/mol. The smallest absolute Gasteiger partial charge is 0.120 e. The maximum absolute atomic E-state index is 8.87. The number of fused-ring (bicyclic) bond motifs is 1. The van der Waals surface area contributed by atoms with Crippen LogP contribution < -0.4 is 4.74 Å². The Kier molecular flexibility index (Phi) is 4.18. The van der Waals surface area contributed by atoms with Crippen molar-refractivity contribution >= 4 is 0 Å². The van der Waals surface area contributed by atoms with Gasteiger partial charge in [0.05, 0.1) is 11.6 Å². The summed E-state index contributed by atoms with van der Waals surface area (Å²) < 4.78 is 5.75. The zero-order chi connectivity index (χ0) is 14.5. The van der Waals surface area contributed by atoms with Gasteiger partial charge in [-0.3, -0.25) is 4.90 Å². The maximum Gasteiger partial charge on any atom is 0.120 e. The van der Waals surface area contributed by atoms with E-state index >= 15 is 0 Å². The van der Waals surface area contributed by atoms with Crippen LogP contribution in [0.4, 0.5) is 0 Å². The number of ether oxygens (including phenoxy) is 1. The molecule has 0 spiro atoms. The lowest BCUT2D eigenvalue weighted by atomic mass is 10.0. The van der Waals surface area contributed by atoms with Crippen molar-refractivity contribution in [2.45, 2.75) is 13.0 Å². The fraction of sp³-hybridized carbons (Fsp3) is 0.278. The number of hydrogen-bond donors (Lipinski definition) is 0. The number of rotatable bonds is 4. The van der Waals surface area contributed by atoms with Crippen molar-refractivity contribution in [2.75, 3.05) is 19.7 Å². The normalized spacial score (nSPS) is 14.2. The molecule has 2 aromatic rings. The number of nitrogens with zero attached hydrogens (tertiary/aromatic N) is 2. The highest BCUT2D eigenvalue weighted by atomic mass is 16.5. The molecule has 0 N–H and O–H groups in total. The van der Waals surface area contributed by atoms with Gasteiger partial charge >= 0.3 is 0 Å². The predicted octanol–water partition coefficient (Wildman–Crippen LogP) is 3.00. The largest absolute Gasteiger partial charge is 0.492 e. The van der Waals surface area contributed by atoms with Gasteiger partial charge in [0.1, 0.15) is 12.4 Å². The summed E-state index contributed by atoms with van der Waals surface area (Å²) in [7, 11) is 0. The predicted molar refractivity (Wildman–Crippen MR) is 82.1 cm³/mol. The molecule has 0 fully saturated rings. The van der Waals surface area contributed by atoms with Crippen LogP contribution in [0.15, 0.2) is 48.5 Å². The molecule has 1 aliphatic rings. The van der Waals surface area contributed by atoms with Crippen LogP contribution in [0.1, 0.15) is 16.7 Å².